The van der Waals surface area contributed by atoms with Crippen LogP contribution < -0.4 is 0 Å². The summed E-state index contributed by atoms with van der Waals surface area (Å²) in [5.74, 6) is -0.592. The molecule has 2 aromatic heterocycles. The summed E-state index contributed by atoms with van der Waals surface area (Å²) < 4.78 is 5.51. The van der Waals surface area contributed by atoms with Gasteiger partial charge in [-0.25, -0.2) is 4.79 Å². The van der Waals surface area contributed by atoms with Crippen LogP contribution in [0.3, 0.4) is 0 Å². The lowest BCUT2D eigenvalue weighted by atomic mass is 10.2. The first kappa shape index (κ1) is 10.4. The molecule has 0 radical (unpaired) electrons. The summed E-state index contributed by atoms with van der Waals surface area (Å²) in [5, 5.41) is 25.3. The van der Waals surface area contributed by atoms with Gasteiger partial charge in [-0.15, -0.1) is 0 Å². The van der Waals surface area contributed by atoms with E-state index in [1.807, 2.05) is 0 Å². The van der Waals surface area contributed by atoms with Crippen LogP contribution in [0.2, 0.25) is 0 Å². The van der Waals surface area contributed by atoms with Gasteiger partial charge in [0.1, 0.15) is 22.6 Å². The fourth-order valence-corrected chi connectivity index (χ4v) is 1.79. The summed E-state index contributed by atoms with van der Waals surface area (Å²) in [4.78, 5) is 11.0. The number of aromatic hydroxyl groups is 1. The lowest BCUT2D eigenvalue weighted by Gasteiger charge is -1.93. The van der Waals surface area contributed by atoms with E-state index in [0.29, 0.717) is 22.4 Å². The molecule has 1 aromatic carbocycles. The van der Waals surface area contributed by atoms with Crippen molar-refractivity contribution in [2.45, 2.75) is 0 Å². The number of aromatic carboxylic acids is 1. The number of aromatic nitrogens is 2. The minimum Gasteiger partial charge on any atom is -0.508 e. The number of carbonyl (C=O) groups is 1. The summed E-state index contributed by atoms with van der Waals surface area (Å²) >= 11 is 0. The van der Waals surface area contributed by atoms with Gasteiger partial charge < -0.3 is 14.6 Å². The molecule has 3 N–H and O–H groups in total. The Labute approximate surface area is 100 Å². The summed E-state index contributed by atoms with van der Waals surface area (Å²) in [6.45, 7) is 0. The van der Waals surface area contributed by atoms with Crippen LogP contribution in [0.5, 0.6) is 5.75 Å². The number of hydrogen-bond acceptors (Lipinski definition) is 4. The number of nitrogens with one attached hydrogen (secondary N) is 1. The summed E-state index contributed by atoms with van der Waals surface area (Å²) in [5.41, 5.74) is 0.908. The third-order valence-electron chi connectivity index (χ3n) is 2.62. The van der Waals surface area contributed by atoms with E-state index >= 15 is 0 Å². The number of rotatable bonds is 2. The molecule has 0 atom stereocenters. The van der Waals surface area contributed by atoms with Crippen molar-refractivity contribution in [3.63, 3.8) is 0 Å². The minimum atomic E-state index is -1.08. The van der Waals surface area contributed by atoms with E-state index in [2.05, 4.69) is 10.2 Å². The Morgan fingerprint density at radius 2 is 2.17 bits per heavy atom. The monoisotopic (exact) mass is 244 g/mol. The Morgan fingerprint density at radius 3 is 2.94 bits per heavy atom. The molecule has 18 heavy (non-hydrogen) atoms. The molecule has 0 bridgehead atoms. The van der Waals surface area contributed by atoms with Gasteiger partial charge in [-0.2, -0.15) is 5.10 Å². The molecule has 0 aliphatic rings. The molecule has 0 fully saturated rings. The zero-order chi connectivity index (χ0) is 12.7. The second kappa shape index (κ2) is 3.63. The number of carboxylic acid groups (broad SMARTS) is 1. The van der Waals surface area contributed by atoms with E-state index in [9.17, 15) is 9.90 Å². The fraction of sp³-hybridized carbons (Fsp3) is 0. The molecule has 6 nitrogen and oxygen atoms in total. The predicted molar refractivity (Wildman–Crippen MR) is 62.4 cm³/mol. The highest BCUT2D eigenvalue weighted by atomic mass is 16.4. The first-order valence-electron chi connectivity index (χ1n) is 5.15. The van der Waals surface area contributed by atoms with Gasteiger partial charge in [0.05, 0.1) is 6.20 Å². The highest BCUT2D eigenvalue weighted by Crippen LogP contribution is 2.30. The second-order valence-corrected chi connectivity index (χ2v) is 3.80. The van der Waals surface area contributed by atoms with Crippen molar-refractivity contribution in [1.82, 2.24) is 10.2 Å². The Morgan fingerprint density at radius 1 is 1.33 bits per heavy atom. The molecule has 0 saturated heterocycles. The fourth-order valence-electron chi connectivity index (χ4n) is 1.79. The first-order valence-corrected chi connectivity index (χ1v) is 5.15. The lowest BCUT2D eigenvalue weighted by Crippen LogP contribution is -1.95. The van der Waals surface area contributed by atoms with Crippen molar-refractivity contribution in [1.29, 1.82) is 0 Å². The van der Waals surface area contributed by atoms with Crippen LogP contribution >= 0.6 is 0 Å². The molecular formula is C12H8N2O4. The molecule has 3 rings (SSSR count). The number of phenols is 1. The molecule has 2 heterocycles. The Balaban J connectivity index is 2.19. The summed E-state index contributed by atoms with van der Waals surface area (Å²) in [7, 11) is 0. The maximum atomic E-state index is 11.0. The highest BCUT2D eigenvalue weighted by Gasteiger charge is 2.17. The van der Waals surface area contributed by atoms with E-state index in [1.54, 1.807) is 18.2 Å². The number of H-pyrrole nitrogens is 1. The summed E-state index contributed by atoms with van der Waals surface area (Å²) in [6.07, 6.45) is 1.22. The summed E-state index contributed by atoms with van der Waals surface area (Å²) in [6, 6.07) is 6.31. The number of aromatic amines is 1. The van der Waals surface area contributed by atoms with Crippen LogP contribution in [0.15, 0.2) is 34.9 Å². The Kier molecular flexibility index (Phi) is 2.09. The van der Waals surface area contributed by atoms with E-state index in [1.165, 1.54) is 12.3 Å². The number of fused-ring (bicyclic) bond motifs is 1. The maximum absolute atomic E-state index is 11.0. The zero-order valence-electron chi connectivity index (χ0n) is 9.04. The molecule has 3 aromatic rings. The maximum Gasteiger partial charge on any atom is 0.339 e. The Hall–Kier alpha value is -2.76. The quantitative estimate of drug-likeness (QED) is 0.641. The van der Waals surface area contributed by atoms with Crippen LogP contribution in [0.4, 0.5) is 0 Å². The normalized spacial score (nSPS) is 10.9. The minimum absolute atomic E-state index is 0.0401. The molecule has 0 aliphatic heterocycles. The molecule has 0 unspecified atom stereocenters. The van der Waals surface area contributed by atoms with Gasteiger partial charge in [0.2, 0.25) is 0 Å². The van der Waals surface area contributed by atoms with Gasteiger partial charge in [-0.1, -0.05) is 0 Å². The van der Waals surface area contributed by atoms with Gasteiger partial charge >= 0.3 is 5.97 Å². The van der Waals surface area contributed by atoms with Gasteiger partial charge in [0.25, 0.3) is 0 Å². The highest BCUT2D eigenvalue weighted by molar-refractivity contribution is 5.95. The van der Waals surface area contributed by atoms with Crippen LogP contribution in [-0.4, -0.2) is 26.4 Å². The van der Waals surface area contributed by atoms with Crippen molar-refractivity contribution in [2.75, 3.05) is 0 Å². The van der Waals surface area contributed by atoms with Crippen LogP contribution in [0, 0.1) is 0 Å². The van der Waals surface area contributed by atoms with E-state index in [-0.39, 0.29) is 11.3 Å². The Bertz CT molecular complexity index is 741. The van der Waals surface area contributed by atoms with Crippen molar-refractivity contribution in [3.05, 3.63) is 36.0 Å². The van der Waals surface area contributed by atoms with Crippen LogP contribution in [0.1, 0.15) is 10.4 Å². The average molecular weight is 244 g/mol. The molecule has 0 spiro atoms. The van der Waals surface area contributed by atoms with Gasteiger partial charge in [-0.05, 0) is 24.3 Å². The van der Waals surface area contributed by atoms with Crippen molar-refractivity contribution < 1.29 is 19.4 Å². The van der Waals surface area contributed by atoms with Crippen LogP contribution in [-0.2, 0) is 0 Å². The second-order valence-electron chi connectivity index (χ2n) is 3.80. The smallest absolute Gasteiger partial charge is 0.339 e. The van der Waals surface area contributed by atoms with Gasteiger partial charge in [0.15, 0.2) is 5.76 Å². The molecule has 0 amide bonds. The number of benzene rings is 1. The molecule has 90 valence electrons. The van der Waals surface area contributed by atoms with Crippen molar-refractivity contribution in [3.8, 4) is 17.2 Å². The molecular weight excluding hydrogens is 236 g/mol. The van der Waals surface area contributed by atoms with Crippen molar-refractivity contribution in [2.24, 2.45) is 0 Å². The van der Waals surface area contributed by atoms with Gasteiger partial charge in [0, 0.05) is 5.39 Å². The SMILES string of the molecule is O=C(O)c1cn[nH]c1-c1cc2cc(O)ccc2o1. The zero-order valence-corrected chi connectivity index (χ0v) is 9.04. The van der Waals surface area contributed by atoms with E-state index in [0.717, 1.165) is 0 Å². The third kappa shape index (κ3) is 1.51. The standard InChI is InChI=1S/C12H8N2O4/c15-7-1-2-9-6(3-7)4-10(18-9)11-8(12(16)17)5-13-14-11/h1-5,15H,(H,13,14)(H,16,17). The lowest BCUT2D eigenvalue weighted by molar-refractivity contribution is 0.0697. The molecule has 6 heteroatoms. The molecule has 0 aliphatic carbocycles. The average Bonchev–Trinajstić information content (AvgIpc) is 2.93. The van der Waals surface area contributed by atoms with Gasteiger partial charge in [-0.3, -0.25) is 5.10 Å². The number of carboxylic acids is 1. The van der Waals surface area contributed by atoms with E-state index in [4.69, 9.17) is 9.52 Å². The molecule has 0 saturated carbocycles. The first-order chi connectivity index (χ1) is 8.65. The van der Waals surface area contributed by atoms with Crippen molar-refractivity contribution >= 4 is 16.9 Å². The number of furan rings is 1. The largest absolute Gasteiger partial charge is 0.508 e. The predicted octanol–water partition coefficient (Wildman–Crippen LogP) is 2.23. The van der Waals surface area contributed by atoms with E-state index < -0.39 is 5.97 Å². The number of nitrogens with zero attached hydrogens (tertiary/aromatic N) is 1. The number of phenolic OH excluding ortho intramolecular Hbond substituents is 1. The third-order valence-corrected chi connectivity index (χ3v) is 2.62. The topological polar surface area (TPSA) is 99.3 Å². The van der Waals surface area contributed by atoms with Crippen LogP contribution in [0.25, 0.3) is 22.4 Å². The number of hydrogen-bond donors (Lipinski definition) is 3.